The Morgan fingerprint density at radius 3 is 2.81 bits per heavy atom. The molecule has 0 fully saturated rings. The van der Waals surface area contributed by atoms with Gasteiger partial charge >= 0.3 is 0 Å². The Morgan fingerprint density at radius 1 is 1.24 bits per heavy atom. The van der Waals surface area contributed by atoms with Gasteiger partial charge in [0.2, 0.25) is 5.89 Å². The van der Waals surface area contributed by atoms with Gasteiger partial charge < -0.3 is 9.84 Å². The van der Waals surface area contributed by atoms with Gasteiger partial charge in [-0.15, -0.1) is 0 Å². The first-order valence-corrected chi connectivity index (χ1v) is 7.86. The van der Waals surface area contributed by atoms with Crippen LogP contribution in [-0.2, 0) is 19.3 Å². The topological polar surface area (TPSA) is 51.0 Å². The second-order valence-electron chi connectivity index (χ2n) is 5.90. The molecule has 4 nitrogen and oxygen atoms in total. The van der Waals surface area contributed by atoms with Crippen molar-refractivity contribution in [3.05, 3.63) is 46.6 Å². The number of nitrogens with zero attached hydrogens (tertiary/aromatic N) is 2. The van der Waals surface area contributed by atoms with Crippen molar-refractivity contribution in [3.63, 3.8) is 0 Å². The minimum absolute atomic E-state index is 0.348. The van der Waals surface area contributed by atoms with Crippen LogP contribution in [0.3, 0.4) is 0 Å². The van der Waals surface area contributed by atoms with E-state index in [1.807, 2.05) is 6.92 Å². The minimum Gasteiger partial charge on any atom is -0.339 e. The Bertz CT molecular complexity index is 606. The molecular formula is C17H23N3O. The average Bonchev–Trinajstić information content (AvgIpc) is 2.92. The maximum atomic E-state index is 5.13. The van der Waals surface area contributed by atoms with E-state index in [9.17, 15) is 0 Å². The molecular weight excluding hydrogens is 262 g/mol. The highest BCUT2D eigenvalue weighted by Crippen LogP contribution is 2.24. The Morgan fingerprint density at radius 2 is 2.05 bits per heavy atom. The van der Waals surface area contributed by atoms with Gasteiger partial charge in [0.1, 0.15) is 0 Å². The molecule has 1 aliphatic rings. The van der Waals surface area contributed by atoms with Gasteiger partial charge in [-0.2, -0.15) is 4.98 Å². The zero-order chi connectivity index (χ0) is 14.7. The number of aromatic nitrogens is 2. The molecule has 1 heterocycles. The molecule has 0 radical (unpaired) electrons. The van der Waals surface area contributed by atoms with Crippen molar-refractivity contribution in [2.24, 2.45) is 0 Å². The fourth-order valence-corrected chi connectivity index (χ4v) is 2.98. The third kappa shape index (κ3) is 3.50. The van der Waals surface area contributed by atoms with E-state index in [0.717, 1.165) is 13.0 Å². The third-order valence-corrected chi connectivity index (χ3v) is 4.23. The van der Waals surface area contributed by atoms with Crippen molar-refractivity contribution in [2.45, 2.75) is 52.0 Å². The first kappa shape index (κ1) is 14.3. The summed E-state index contributed by atoms with van der Waals surface area (Å²) in [5, 5.41) is 7.34. The van der Waals surface area contributed by atoms with E-state index in [2.05, 4.69) is 40.6 Å². The van der Waals surface area contributed by atoms with Crippen LogP contribution in [0.1, 0.15) is 54.2 Å². The monoisotopic (exact) mass is 285 g/mol. The zero-order valence-corrected chi connectivity index (χ0v) is 12.9. The van der Waals surface area contributed by atoms with Gasteiger partial charge in [-0.3, -0.25) is 0 Å². The molecule has 0 amide bonds. The molecule has 21 heavy (non-hydrogen) atoms. The molecule has 1 N–H and O–H groups in total. The molecule has 0 aliphatic heterocycles. The Hall–Kier alpha value is -1.68. The lowest BCUT2D eigenvalue weighted by Crippen LogP contribution is -2.22. The van der Waals surface area contributed by atoms with E-state index in [-0.39, 0.29) is 0 Å². The van der Waals surface area contributed by atoms with Gasteiger partial charge in [-0.1, -0.05) is 23.4 Å². The molecule has 2 aromatic rings. The molecule has 0 bridgehead atoms. The van der Waals surface area contributed by atoms with Gasteiger partial charge in [-0.05, 0) is 56.2 Å². The van der Waals surface area contributed by atoms with Crippen LogP contribution in [0.25, 0.3) is 0 Å². The number of benzene rings is 1. The molecule has 112 valence electrons. The summed E-state index contributed by atoms with van der Waals surface area (Å²) >= 11 is 0. The van der Waals surface area contributed by atoms with Crippen LogP contribution < -0.4 is 5.32 Å². The third-order valence-electron chi connectivity index (χ3n) is 4.23. The fourth-order valence-electron chi connectivity index (χ4n) is 2.98. The number of hydrogen-bond acceptors (Lipinski definition) is 4. The summed E-state index contributed by atoms with van der Waals surface area (Å²) in [5.41, 5.74) is 4.45. The van der Waals surface area contributed by atoms with Gasteiger partial charge in [0.15, 0.2) is 5.82 Å². The van der Waals surface area contributed by atoms with Gasteiger partial charge in [0.05, 0.1) is 0 Å². The van der Waals surface area contributed by atoms with Crippen LogP contribution in [0.15, 0.2) is 22.7 Å². The molecule has 0 spiro atoms. The Balaban J connectivity index is 1.56. The summed E-state index contributed by atoms with van der Waals surface area (Å²) in [6.07, 6.45) is 5.92. The van der Waals surface area contributed by atoms with Gasteiger partial charge in [0.25, 0.3) is 0 Å². The van der Waals surface area contributed by atoms with E-state index in [0.29, 0.717) is 17.8 Å². The number of rotatable bonds is 5. The van der Waals surface area contributed by atoms with E-state index < -0.39 is 0 Å². The lowest BCUT2D eigenvalue weighted by Gasteiger charge is -2.19. The summed E-state index contributed by atoms with van der Waals surface area (Å²) in [5.74, 6) is 1.41. The van der Waals surface area contributed by atoms with Crippen molar-refractivity contribution in [3.8, 4) is 0 Å². The smallest absolute Gasteiger partial charge is 0.227 e. The van der Waals surface area contributed by atoms with Crippen LogP contribution in [0, 0.1) is 6.92 Å². The molecule has 1 atom stereocenters. The van der Waals surface area contributed by atoms with Crippen molar-refractivity contribution in [1.82, 2.24) is 15.5 Å². The first-order chi connectivity index (χ1) is 10.2. The fraction of sp³-hybridized carbons (Fsp3) is 0.529. The predicted octanol–water partition coefficient (Wildman–Crippen LogP) is 3.15. The van der Waals surface area contributed by atoms with Crippen molar-refractivity contribution >= 4 is 0 Å². The van der Waals surface area contributed by atoms with Crippen LogP contribution in [0.4, 0.5) is 0 Å². The molecule has 4 heteroatoms. The maximum Gasteiger partial charge on any atom is 0.227 e. The maximum absolute atomic E-state index is 5.13. The standard InChI is InChI=1S/C17H23N3O/c1-12(18-10-9-17-19-13(2)20-21-17)15-8-7-14-5-3-4-6-16(14)11-15/h7-8,11-12,18H,3-6,9-10H2,1-2H3. The number of aryl methyl sites for hydroxylation is 3. The summed E-state index contributed by atoms with van der Waals surface area (Å²) in [4.78, 5) is 4.22. The summed E-state index contributed by atoms with van der Waals surface area (Å²) in [6.45, 7) is 4.90. The molecule has 0 saturated carbocycles. The lowest BCUT2D eigenvalue weighted by molar-refractivity contribution is 0.370. The van der Waals surface area contributed by atoms with Crippen molar-refractivity contribution in [1.29, 1.82) is 0 Å². The molecule has 1 aliphatic carbocycles. The predicted molar refractivity (Wildman–Crippen MR) is 82.2 cm³/mol. The van der Waals surface area contributed by atoms with Crippen molar-refractivity contribution < 1.29 is 4.52 Å². The highest BCUT2D eigenvalue weighted by Gasteiger charge is 2.12. The number of fused-ring (bicyclic) bond motifs is 1. The average molecular weight is 285 g/mol. The van der Waals surface area contributed by atoms with E-state index >= 15 is 0 Å². The molecule has 1 aromatic carbocycles. The first-order valence-electron chi connectivity index (χ1n) is 7.86. The number of hydrogen-bond donors (Lipinski definition) is 1. The molecule has 1 unspecified atom stereocenters. The van der Waals surface area contributed by atoms with Crippen LogP contribution >= 0.6 is 0 Å². The summed E-state index contributed by atoms with van der Waals surface area (Å²) < 4.78 is 5.13. The normalized spacial score (nSPS) is 15.7. The summed E-state index contributed by atoms with van der Waals surface area (Å²) in [7, 11) is 0. The quantitative estimate of drug-likeness (QED) is 0.917. The molecule has 0 saturated heterocycles. The highest BCUT2D eigenvalue weighted by atomic mass is 16.5. The van der Waals surface area contributed by atoms with Crippen LogP contribution in [0.2, 0.25) is 0 Å². The highest BCUT2D eigenvalue weighted by molar-refractivity contribution is 5.35. The van der Waals surface area contributed by atoms with E-state index in [1.165, 1.54) is 31.2 Å². The second-order valence-corrected chi connectivity index (χ2v) is 5.90. The van der Waals surface area contributed by atoms with Crippen LogP contribution in [0.5, 0.6) is 0 Å². The van der Waals surface area contributed by atoms with Crippen molar-refractivity contribution in [2.75, 3.05) is 6.54 Å². The molecule has 3 rings (SSSR count). The Kier molecular flexibility index (Phi) is 4.34. The second kappa shape index (κ2) is 6.39. The van der Waals surface area contributed by atoms with Gasteiger partial charge in [-0.25, -0.2) is 0 Å². The van der Waals surface area contributed by atoms with E-state index in [4.69, 9.17) is 4.52 Å². The van der Waals surface area contributed by atoms with Crippen LogP contribution in [-0.4, -0.2) is 16.7 Å². The minimum atomic E-state index is 0.348. The largest absolute Gasteiger partial charge is 0.339 e. The lowest BCUT2D eigenvalue weighted by atomic mass is 9.89. The molecule has 1 aromatic heterocycles. The van der Waals surface area contributed by atoms with E-state index in [1.54, 1.807) is 11.1 Å². The summed E-state index contributed by atoms with van der Waals surface area (Å²) in [6, 6.07) is 7.30. The zero-order valence-electron chi connectivity index (χ0n) is 12.9. The Labute approximate surface area is 126 Å². The number of nitrogens with one attached hydrogen (secondary N) is 1. The van der Waals surface area contributed by atoms with Gasteiger partial charge in [0, 0.05) is 19.0 Å². The SMILES string of the molecule is Cc1noc(CCNC(C)c2ccc3c(c2)CCCC3)n1.